The number of fused-ring (bicyclic) bond motifs is 1. The lowest BCUT2D eigenvalue weighted by Gasteiger charge is -2.12. The summed E-state index contributed by atoms with van der Waals surface area (Å²) in [5, 5.41) is 3.14. The third-order valence-electron chi connectivity index (χ3n) is 2.61. The van der Waals surface area contributed by atoms with E-state index in [9.17, 15) is 0 Å². The third kappa shape index (κ3) is 3.23. The average Bonchev–Trinajstić information content (AvgIpc) is 2.82. The normalized spacial score (nSPS) is 12.8. The second-order valence-electron chi connectivity index (χ2n) is 3.89. The van der Waals surface area contributed by atoms with Crippen molar-refractivity contribution < 1.29 is 14.2 Å². The summed E-state index contributed by atoms with van der Waals surface area (Å²) in [6.45, 7) is 3.92. The monoisotopic (exact) mass is 269 g/mol. The Morgan fingerprint density at radius 3 is 2.83 bits per heavy atom. The molecule has 5 heteroatoms. The van der Waals surface area contributed by atoms with Crippen LogP contribution in [0.5, 0.6) is 17.2 Å². The number of thioether (sulfide) groups is 1. The molecule has 1 aliphatic heterocycles. The van der Waals surface area contributed by atoms with Crippen LogP contribution in [0.15, 0.2) is 12.1 Å². The van der Waals surface area contributed by atoms with E-state index >= 15 is 0 Å². The first-order valence-electron chi connectivity index (χ1n) is 6.12. The van der Waals surface area contributed by atoms with E-state index in [-0.39, 0.29) is 0 Å². The van der Waals surface area contributed by atoms with Gasteiger partial charge in [-0.05, 0) is 18.9 Å². The predicted octanol–water partition coefficient (Wildman–Crippen LogP) is 2.27. The Morgan fingerprint density at radius 1 is 1.33 bits per heavy atom. The van der Waals surface area contributed by atoms with Crippen molar-refractivity contribution in [2.45, 2.75) is 13.5 Å². The molecule has 100 valence electrons. The number of hydrogen-bond acceptors (Lipinski definition) is 5. The molecule has 0 saturated carbocycles. The van der Waals surface area contributed by atoms with Crippen LogP contribution in [0.2, 0.25) is 0 Å². The molecule has 0 aliphatic carbocycles. The summed E-state index contributed by atoms with van der Waals surface area (Å²) >= 11 is 1.88. The van der Waals surface area contributed by atoms with Gasteiger partial charge in [-0.15, -0.1) is 0 Å². The molecule has 1 aromatic rings. The highest BCUT2D eigenvalue weighted by atomic mass is 32.2. The molecular formula is C13H19NO3S. The molecule has 18 heavy (non-hydrogen) atoms. The van der Waals surface area contributed by atoms with Crippen LogP contribution in [0.25, 0.3) is 0 Å². The summed E-state index contributed by atoms with van der Waals surface area (Å²) in [7, 11) is 1.92. The zero-order valence-electron chi connectivity index (χ0n) is 10.8. The van der Waals surface area contributed by atoms with Crippen molar-refractivity contribution in [3.8, 4) is 17.2 Å². The highest BCUT2D eigenvalue weighted by Gasteiger charge is 2.17. The SMILES string of the molecule is CCSCCOc1cc2c(cc1CNC)OCO2. The summed E-state index contributed by atoms with van der Waals surface area (Å²) in [6, 6.07) is 3.91. The Bertz CT molecular complexity index is 398. The van der Waals surface area contributed by atoms with E-state index in [1.165, 1.54) is 0 Å². The minimum absolute atomic E-state index is 0.295. The number of hydrogen-bond donors (Lipinski definition) is 1. The fourth-order valence-corrected chi connectivity index (χ4v) is 2.27. The van der Waals surface area contributed by atoms with Crippen molar-refractivity contribution in [1.82, 2.24) is 5.32 Å². The first-order valence-corrected chi connectivity index (χ1v) is 7.28. The molecule has 2 rings (SSSR count). The molecule has 1 heterocycles. The van der Waals surface area contributed by atoms with Gasteiger partial charge in [0.15, 0.2) is 11.5 Å². The van der Waals surface area contributed by atoms with Crippen LogP contribution >= 0.6 is 11.8 Å². The molecule has 0 bridgehead atoms. The Hall–Kier alpha value is -1.07. The third-order valence-corrected chi connectivity index (χ3v) is 3.48. The van der Waals surface area contributed by atoms with Gasteiger partial charge in [0.25, 0.3) is 0 Å². The van der Waals surface area contributed by atoms with Gasteiger partial charge in [0.1, 0.15) is 5.75 Å². The molecule has 0 atom stereocenters. The largest absolute Gasteiger partial charge is 0.492 e. The van der Waals surface area contributed by atoms with Crippen molar-refractivity contribution >= 4 is 11.8 Å². The van der Waals surface area contributed by atoms with Crippen molar-refractivity contribution in [2.75, 3.05) is 32.0 Å². The molecule has 1 aliphatic rings. The quantitative estimate of drug-likeness (QED) is 0.769. The van der Waals surface area contributed by atoms with E-state index in [0.29, 0.717) is 6.79 Å². The zero-order valence-corrected chi connectivity index (χ0v) is 11.6. The van der Waals surface area contributed by atoms with E-state index in [0.717, 1.165) is 47.5 Å². The predicted molar refractivity (Wildman–Crippen MR) is 73.8 cm³/mol. The lowest BCUT2D eigenvalue weighted by atomic mass is 10.1. The summed E-state index contributed by atoms with van der Waals surface area (Å²) in [5.41, 5.74) is 1.10. The van der Waals surface area contributed by atoms with Gasteiger partial charge in [-0.25, -0.2) is 0 Å². The van der Waals surface area contributed by atoms with E-state index in [1.807, 2.05) is 30.9 Å². The molecule has 0 fully saturated rings. The van der Waals surface area contributed by atoms with Crippen LogP contribution in [-0.2, 0) is 6.54 Å². The van der Waals surface area contributed by atoms with Crippen LogP contribution in [0.3, 0.4) is 0 Å². The Balaban J connectivity index is 2.06. The topological polar surface area (TPSA) is 39.7 Å². The minimum Gasteiger partial charge on any atom is -0.492 e. The molecule has 0 radical (unpaired) electrons. The van der Waals surface area contributed by atoms with E-state index in [2.05, 4.69) is 12.2 Å². The molecule has 0 amide bonds. The average molecular weight is 269 g/mol. The number of benzene rings is 1. The second-order valence-corrected chi connectivity index (χ2v) is 5.28. The number of ether oxygens (including phenoxy) is 3. The molecular weight excluding hydrogens is 250 g/mol. The van der Waals surface area contributed by atoms with Gasteiger partial charge in [0.05, 0.1) is 6.61 Å². The smallest absolute Gasteiger partial charge is 0.231 e. The highest BCUT2D eigenvalue weighted by Crippen LogP contribution is 2.38. The van der Waals surface area contributed by atoms with Gasteiger partial charge in [0, 0.05) is 23.9 Å². The zero-order chi connectivity index (χ0) is 12.8. The Kier molecular flexibility index (Phi) is 5.01. The van der Waals surface area contributed by atoms with Crippen LogP contribution in [0.4, 0.5) is 0 Å². The standard InChI is InChI=1S/C13H19NO3S/c1-3-18-5-4-15-11-7-13-12(16-9-17-13)6-10(11)8-14-2/h6-7,14H,3-5,8-9H2,1-2H3. The fraction of sp³-hybridized carbons (Fsp3) is 0.538. The van der Waals surface area contributed by atoms with Gasteiger partial charge in [-0.2, -0.15) is 11.8 Å². The van der Waals surface area contributed by atoms with Gasteiger partial charge in [-0.1, -0.05) is 6.92 Å². The van der Waals surface area contributed by atoms with Gasteiger partial charge < -0.3 is 19.5 Å². The molecule has 0 spiro atoms. The molecule has 4 nitrogen and oxygen atoms in total. The van der Waals surface area contributed by atoms with Crippen molar-refractivity contribution in [3.05, 3.63) is 17.7 Å². The Morgan fingerprint density at radius 2 is 2.11 bits per heavy atom. The molecule has 0 aromatic heterocycles. The second kappa shape index (κ2) is 6.75. The maximum atomic E-state index is 5.82. The van der Waals surface area contributed by atoms with Crippen LogP contribution in [0, 0.1) is 0 Å². The molecule has 1 N–H and O–H groups in total. The van der Waals surface area contributed by atoms with E-state index in [4.69, 9.17) is 14.2 Å². The summed E-state index contributed by atoms with van der Waals surface area (Å²) in [6.07, 6.45) is 0. The first-order chi connectivity index (χ1) is 8.85. The summed E-state index contributed by atoms with van der Waals surface area (Å²) in [5.74, 6) is 4.58. The van der Waals surface area contributed by atoms with Gasteiger partial charge in [-0.3, -0.25) is 0 Å². The van der Waals surface area contributed by atoms with E-state index < -0.39 is 0 Å². The van der Waals surface area contributed by atoms with Crippen molar-refractivity contribution in [1.29, 1.82) is 0 Å². The minimum atomic E-state index is 0.295. The summed E-state index contributed by atoms with van der Waals surface area (Å²) in [4.78, 5) is 0. The first kappa shape index (κ1) is 13.4. The van der Waals surface area contributed by atoms with E-state index in [1.54, 1.807) is 0 Å². The maximum Gasteiger partial charge on any atom is 0.231 e. The van der Waals surface area contributed by atoms with Gasteiger partial charge >= 0.3 is 0 Å². The lowest BCUT2D eigenvalue weighted by molar-refractivity contribution is 0.173. The number of nitrogens with one attached hydrogen (secondary N) is 1. The number of rotatable bonds is 7. The molecule has 1 aromatic carbocycles. The summed E-state index contributed by atoms with van der Waals surface area (Å²) < 4.78 is 16.6. The van der Waals surface area contributed by atoms with Crippen LogP contribution < -0.4 is 19.5 Å². The Labute approximate surface area is 112 Å². The van der Waals surface area contributed by atoms with Crippen molar-refractivity contribution in [2.24, 2.45) is 0 Å². The van der Waals surface area contributed by atoms with Crippen LogP contribution in [0.1, 0.15) is 12.5 Å². The van der Waals surface area contributed by atoms with Crippen LogP contribution in [-0.4, -0.2) is 32.0 Å². The highest BCUT2D eigenvalue weighted by molar-refractivity contribution is 7.99. The van der Waals surface area contributed by atoms with Crippen molar-refractivity contribution in [3.63, 3.8) is 0 Å². The fourth-order valence-electron chi connectivity index (χ4n) is 1.78. The molecule has 0 unspecified atom stereocenters. The lowest BCUT2D eigenvalue weighted by Crippen LogP contribution is -2.09. The maximum absolute atomic E-state index is 5.82. The van der Waals surface area contributed by atoms with Gasteiger partial charge in [0.2, 0.25) is 6.79 Å². The molecule has 0 saturated heterocycles.